The Balaban J connectivity index is 2.21. The molecule has 0 saturated heterocycles. The number of hydrogen-bond acceptors (Lipinski definition) is 5. The zero-order chi connectivity index (χ0) is 17.9. The van der Waals surface area contributed by atoms with Gasteiger partial charge in [0.25, 0.3) is 5.69 Å². The maximum absolute atomic E-state index is 12.2. The van der Waals surface area contributed by atoms with E-state index in [4.69, 9.17) is 27.9 Å². The van der Waals surface area contributed by atoms with Crippen LogP contribution in [-0.4, -0.2) is 25.0 Å². The second-order valence-electron chi connectivity index (χ2n) is 5.13. The summed E-state index contributed by atoms with van der Waals surface area (Å²) < 4.78 is 5.17. The highest BCUT2D eigenvalue weighted by Crippen LogP contribution is 2.29. The lowest BCUT2D eigenvalue weighted by Crippen LogP contribution is -2.12. The first kappa shape index (κ1) is 18.0. The highest BCUT2D eigenvalue weighted by molar-refractivity contribution is 6.35. The summed E-state index contributed by atoms with van der Waals surface area (Å²) in [5.74, 6) is -0.695. The predicted octanol–water partition coefficient (Wildman–Crippen LogP) is 4.32. The fourth-order valence-electron chi connectivity index (χ4n) is 2.07. The van der Waals surface area contributed by atoms with Crippen molar-refractivity contribution in [1.82, 2.24) is 0 Å². The molecular formula is C16H14Cl2N2O4. The number of anilines is 1. The molecule has 0 unspecified atom stereocenters. The summed E-state index contributed by atoms with van der Waals surface area (Å²) >= 11 is 12.0. The van der Waals surface area contributed by atoms with Crippen molar-refractivity contribution >= 4 is 40.5 Å². The van der Waals surface area contributed by atoms with Gasteiger partial charge in [-0.3, -0.25) is 10.1 Å². The number of ether oxygens (including phenoxy) is 1. The van der Waals surface area contributed by atoms with Crippen molar-refractivity contribution in [2.75, 3.05) is 19.0 Å². The average Bonchev–Trinajstić information content (AvgIpc) is 2.53. The maximum atomic E-state index is 12.2. The number of carbonyl (C=O) groups excluding carboxylic acids is 1. The molecule has 6 nitrogen and oxygen atoms in total. The molecule has 8 heteroatoms. The SMILES string of the molecule is CN(C)c1ccc(C(=O)OCc2c(Cl)cccc2Cl)cc1[N+](=O)[O-]. The number of nitrogens with zero attached hydrogens (tertiary/aromatic N) is 2. The van der Waals surface area contributed by atoms with E-state index >= 15 is 0 Å². The number of carbonyl (C=O) groups is 1. The monoisotopic (exact) mass is 368 g/mol. The van der Waals surface area contributed by atoms with E-state index in [9.17, 15) is 14.9 Å². The van der Waals surface area contributed by atoms with Crippen LogP contribution in [0.15, 0.2) is 36.4 Å². The molecule has 0 aliphatic heterocycles. The first-order valence-corrected chi connectivity index (χ1v) is 7.62. The summed E-state index contributed by atoms with van der Waals surface area (Å²) in [6, 6.07) is 9.10. The van der Waals surface area contributed by atoms with Crippen molar-refractivity contribution in [3.05, 3.63) is 67.7 Å². The molecule has 126 valence electrons. The van der Waals surface area contributed by atoms with Crippen LogP contribution >= 0.6 is 23.2 Å². The molecule has 0 atom stereocenters. The molecule has 2 rings (SSSR count). The molecule has 24 heavy (non-hydrogen) atoms. The molecule has 0 aliphatic carbocycles. The van der Waals surface area contributed by atoms with E-state index in [0.29, 0.717) is 21.3 Å². The van der Waals surface area contributed by atoms with Crippen LogP contribution in [-0.2, 0) is 11.3 Å². The van der Waals surface area contributed by atoms with Gasteiger partial charge in [0.15, 0.2) is 0 Å². The molecule has 0 fully saturated rings. The summed E-state index contributed by atoms with van der Waals surface area (Å²) in [4.78, 5) is 24.4. The Labute approximate surface area is 148 Å². The first-order chi connectivity index (χ1) is 11.3. The topological polar surface area (TPSA) is 72.7 Å². The molecule has 0 amide bonds. The Bertz CT molecular complexity index is 773. The van der Waals surface area contributed by atoms with Gasteiger partial charge in [0, 0.05) is 35.8 Å². The largest absolute Gasteiger partial charge is 0.457 e. The number of benzene rings is 2. The molecule has 0 bridgehead atoms. The van der Waals surface area contributed by atoms with Crippen molar-refractivity contribution in [3.8, 4) is 0 Å². The second kappa shape index (κ2) is 7.51. The Morgan fingerprint density at radius 3 is 2.38 bits per heavy atom. The minimum Gasteiger partial charge on any atom is -0.457 e. The second-order valence-corrected chi connectivity index (χ2v) is 5.95. The molecular weight excluding hydrogens is 355 g/mol. The maximum Gasteiger partial charge on any atom is 0.338 e. The van der Waals surface area contributed by atoms with Crippen LogP contribution < -0.4 is 4.90 Å². The number of rotatable bonds is 5. The summed E-state index contributed by atoms with van der Waals surface area (Å²) in [7, 11) is 3.36. The molecule has 0 aromatic heterocycles. The fourth-order valence-corrected chi connectivity index (χ4v) is 2.57. The lowest BCUT2D eigenvalue weighted by Gasteiger charge is -2.13. The van der Waals surface area contributed by atoms with Gasteiger partial charge in [-0.2, -0.15) is 0 Å². The van der Waals surface area contributed by atoms with E-state index in [1.165, 1.54) is 18.2 Å². The average molecular weight is 369 g/mol. The van der Waals surface area contributed by atoms with Gasteiger partial charge in [-0.15, -0.1) is 0 Å². The first-order valence-electron chi connectivity index (χ1n) is 6.87. The third-order valence-electron chi connectivity index (χ3n) is 3.30. The lowest BCUT2D eigenvalue weighted by molar-refractivity contribution is -0.384. The Hall–Kier alpha value is -2.31. The lowest BCUT2D eigenvalue weighted by atomic mass is 10.1. The standard InChI is InChI=1S/C16H14Cl2N2O4/c1-19(2)14-7-6-10(8-15(14)20(22)23)16(21)24-9-11-12(17)4-3-5-13(11)18/h3-8H,9H2,1-2H3. The third kappa shape index (κ3) is 3.96. The zero-order valence-electron chi connectivity index (χ0n) is 13.0. The Morgan fingerprint density at radius 1 is 1.21 bits per heavy atom. The third-order valence-corrected chi connectivity index (χ3v) is 4.01. The van der Waals surface area contributed by atoms with Crippen LogP contribution in [0.3, 0.4) is 0 Å². The normalized spacial score (nSPS) is 10.3. The number of nitro benzene ring substituents is 1. The van der Waals surface area contributed by atoms with E-state index < -0.39 is 10.9 Å². The molecule has 0 radical (unpaired) electrons. The van der Waals surface area contributed by atoms with Crippen molar-refractivity contribution in [1.29, 1.82) is 0 Å². The van der Waals surface area contributed by atoms with Gasteiger partial charge in [-0.05, 0) is 24.3 Å². The molecule has 0 saturated carbocycles. The highest BCUT2D eigenvalue weighted by atomic mass is 35.5. The van der Waals surface area contributed by atoms with Crippen LogP contribution in [0.25, 0.3) is 0 Å². The van der Waals surface area contributed by atoms with Gasteiger partial charge < -0.3 is 9.64 Å². The Kier molecular flexibility index (Phi) is 5.64. The number of nitro groups is 1. The van der Waals surface area contributed by atoms with Gasteiger partial charge in [0.1, 0.15) is 12.3 Å². The Morgan fingerprint density at radius 2 is 1.83 bits per heavy atom. The van der Waals surface area contributed by atoms with Gasteiger partial charge in [-0.25, -0.2) is 4.79 Å². The van der Waals surface area contributed by atoms with E-state index in [0.717, 1.165) is 0 Å². The molecule has 2 aromatic carbocycles. The zero-order valence-corrected chi connectivity index (χ0v) is 14.5. The van der Waals surface area contributed by atoms with Crippen molar-refractivity contribution in [2.45, 2.75) is 6.61 Å². The number of halogens is 2. The molecule has 0 N–H and O–H groups in total. The van der Waals surface area contributed by atoms with Gasteiger partial charge in [0.2, 0.25) is 0 Å². The van der Waals surface area contributed by atoms with Crippen LogP contribution in [0.5, 0.6) is 0 Å². The van der Waals surface area contributed by atoms with Crippen molar-refractivity contribution in [2.24, 2.45) is 0 Å². The van der Waals surface area contributed by atoms with Crippen LogP contribution in [0.4, 0.5) is 11.4 Å². The van der Waals surface area contributed by atoms with E-state index in [2.05, 4.69) is 0 Å². The van der Waals surface area contributed by atoms with Crippen molar-refractivity contribution in [3.63, 3.8) is 0 Å². The van der Waals surface area contributed by atoms with E-state index in [1.807, 2.05) is 0 Å². The number of hydrogen-bond donors (Lipinski definition) is 0. The summed E-state index contributed by atoms with van der Waals surface area (Å²) in [6.07, 6.45) is 0. The van der Waals surface area contributed by atoms with Gasteiger partial charge in [-0.1, -0.05) is 29.3 Å². The van der Waals surface area contributed by atoms with Gasteiger partial charge in [0.05, 0.1) is 10.5 Å². The fraction of sp³-hybridized carbons (Fsp3) is 0.188. The summed E-state index contributed by atoms with van der Waals surface area (Å²) in [6.45, 7) is -0.124. The van der Waals surface area contributed by atoms with Crippen LogP contribution in [0.1, 0.15) is 15.9 Å². The van der Waals surface area contributed by atoms with Gasteiger partial charge >= 0.3 is 5.97 Å². The minimum absolute atomic E-state index is 0.0791. The van der Waals surface area contributed by atoms with Crippen LogP contribution in [0.2, 0.25) is 10.0 Å². The van der Waals surface area contributed by atoms with E-state index in [-0.39, 0.29) is 17.9 Å². The number of esters is 1. The summed E-state index contributed by atoms with van der Waals surface area (Å²) in [5.41, 5.74) is 0.778. The summed E-state index contributed by atoms with van der Waals surface area (Å²) in [5, 5.41) is 11.9. The molecule has 0 spiro atoms. The molecule has 2 aromatic rings. The molecule has 0 aliphatic rings. The van der Waals surface area contributed by atoms with Crippen molar-refractivity contribution < 1.29 is 14.5 Å². The quantitative estimate of drug-likeness (QED) is 0.446. The van der Waals surface area contributed by atoms with E-state index in [1.54, 1.807) is 37.2 Å². The smallest absolute Gasteiger partial charge is 0.338 e. The minimum atomic E-state index is -0.695. The van der Waals surface area contributed by atoms with Crippen LogP contribution in [0, 0.1) is 10.1 Å². The predicted molar refractivity (Wildman–Crippen MR) is 93.0 cm³/mol. The molecule has 0 heterocycles. The highest BCUT2D eigenvalue weighted by Gasteiger charge is 2.20.